The molecule has 1 aliphatic rings. The number of nitrogens with zero attached hydrogens (tertiary/aromatic N) is 1. The van der Waals surface area contributed by atoms with Crippen LogP contribution in [0.3, 0.4) is 0 Å². The second-order valence-electron chi connectivity index (χ2n) is 8.23. The summed E-state index contributed by atoms with van der Waals surface area (Å²) in [5, 5.41) is 10.2. The Balaban J connectivity index is 1.62. The van der Waals surface area contributed by atoms with Crippen molar-refractivity contribution in [3.8, 4) is 0 Å². The monoisotopic (exact) mass is 499 g/mol. The summed E-state index contributed by atoms with van der Waals surface area (Å²) >= 11 is 0. The lowest BCUT2D eigenvalue weighted by Crippen LogP contribution is -2.51. The summed E-state index contributed by atoms with van der Waals surface area (Å²) in [7, 11) is 0. The Kier molecular flexibility index (Phi) is 11.8. The maximum Gasteiger partial charge on any atom is 0.253 e. The number of nitrogens with one attached hydrogen (secondary N) is 4. The van der Waals surface area contributed by atoms with E-state index in [4.69, 9.17) is 0 Å². The highest BCUT2D eigenvalue weighted by Gasteiger charge is 2.22. The molecule has 11 heteroatoms. The average Bonchev–Trinajstić information content (AvgIpc) is 3.18. The summed E-state index contributed by atoms with van der Waals surface area (Å²) in [6.45, 7) is 1.90. The minimum atomic E-state index is -0.783. The van der Waals surface area contributed by atoms with Crippen molar-refractivity contribution in [2.24, 2.45) is 0 Å². The fourth-order valence-electron chi connectivity index (χ4n) is 3.49. The summed E-state index contributed by atoms with van der Waals surface area (Å²) in [5.74, 6) is -2.34. The number of hydrogen-bond donors (Lipinski definition) is 4. The Labute approximate surface area is 210 Å². The van der Waals surface area contributed by atoms with E-state index in [1.165, 1.54) is 12.2 Å². The fourth-order valence-corrected chi connectivity index (χ4v) is 3.49. The molecule has 6 amide bonds. The van der Waals surface area contributed by atoms with Crippen LogP contribution in [0.25, 0.3) is 0 Å². The minimum Gasteiger partial charge on any atom is -0.355 e. The van der Waals surface area contributed by atoms with Crippen LogP contribution in [0.5, 0.6) is 0 Å². The van der Waals surface area contributed by atoms with Crippen LogP contribution < -0.4 is 21.3 Å². The van der Waals surface area contributed by atoms with Crippen molar-refractivity contribution in [2.45, 2.75) is 45.1 Å². The lowest BCUT2D eigenvalue weighted by Gasteiger charge is -2.18. The maximum absolute atomic E-state index is 12.3. The zero-order valence-electron chi connectivity index (χ0n) is 20.4. The first-order chi connectivity index (χ1) is 17.3. The van der Waals surface area contributed by atoms with Gasteiger partial charge in [0.05, 0.1) is 13.1 Å². The van der Waals surface area contributed by atoms with Crippen molar-refractivity contribution >= 4 is 35.4 Å². The lowest BCUT2D eigenvalue weighted by atomic mass is 10.1. The van der Waals surface area contributed by atoms with Crippen LogP contribution in [0.4, 0.5) is 0 Å². The number of amides is 6. The lowest BCUT2D eigenvalue weighted by molar-refractivity contribution is -0.137. The first-order valence-electron chi connectivity index (χ1n) is 12.0. The van der Waals surface area contributed by atoms with Gasteiger partial charge in [-0.1, -0.05) is 36.8 Å². The number of hydrogen-bond acceptors (Lipinski definition) is 6. The van der Waals surface area contributed by atoms with Crippen LogP contribution in [0.1, 0.15) is 38.2 Å². The fraction of sp³-hybridized carbons (Fsp3) is 0.440. The van der Waals surface area contributed by atoms with Gasteiger partial charge in [-0.3, -0.25) is 33.7 Å². The predicted octanol–water partition coefficient (Wildman–Crippen LogP) is -0.432. The molecule has 0 aromatic heterocycles. The molecular weight excluding hydrogens is 466 g/mol. The van der Waals surface area contributed by atoms with E-state index in [9.17, 15) is 28.8 Å². The number of unbranched alkanes of at least 4 members (excludes halogenated alkanes) is 2. The van der Waals surface area contributed by atoms with E-state index < -0.39 is 17.9 Å². The number of imide groups is 1. The summed E-state index contributed by atoms with van der Waals surface area (Å²) in [6, 6.07) is 8.48. The third-order valence-electron chi connectivity index (χ3n) is 5.36. The molecule has 0 fully saturated rings. The van der Waals surface area contributed by atoms with Crippen LogP contribution in [0.2, 0.25) is 0 Å². The van der Waals surface area contributed by atoms with Gasteiger partial charge in [0.2, 0.25) is 23.6 Å². The highest BCUT2D eigenvalue weighted by molar-refractivity contribution is 6.12. The van der Waals surface area contributed by atoms with Gasteiger partial charge in [-0.2, -0.15) is 0 Å². The largest absolute Gasteiger partial charge is 0.355 e. The summed E-state index contributed by atoms with van der Waals surface area (Å²) in [5.41, 5.74) is 0.885. The Morgan fingerprint density at radius 1 is 0.806 bits per heavy atom. The summed E-state index contributed by atoms with van der Waals surface area (Å²) in [6.07, 6.45) is 4.75. The van der Waals surface area contributed by atoms with E-state index in [2.05, 4.69) is 21.3 Å². The molecule has 0 spiro atoms. The van der Waals surface area contributed by atoms with Crippen molar-refractivity contribution in [3.63, 3.8) is 0 Å². The van der Waals surface area contributed by atoms with Crippen LogP contribution >= 0.6 is 0 Å². The Morgan fingerprint density at radius 3 is 2.11 bits per heavy atom. The van der Waals surface area contributed by atoms with Gasteiger partial charge in [0.25, 0.3) is 11.8 Å². The molecule has 0 bridgehead atoms. The molecule has 36 heavy (non-hydrogen) atoms. The van der Waals surface area contributed by atoms with E-state index in [1.54, 1.807) is 6.92 Å². The zero-order valence-corrected chi connectivity index (χ0v) is 20.4. The molecule has 0 radical (unpaired) electrons. The summed E-state index contributed by atoms with van der Waals surface area (Å²) in [4.78, 5) is 72.6. The molecule has 4 N–H and O–H groups in total. The van der Waals surface area contributed by atoms with Crippen LogP contribution in [-0.4, -0.2) is 72.6 Å². The second-order valence-corrected chi connectivity index (χ2v) is 8.23. The molecule has 1 aliphatic heterocycles. The molecule has 0 aliphatic carbocycles. The zero-order chi connectivity index (χ0) is 26.3. The van der Waals surface area contributed by atoms with Gasteiger partial charge in [-0.15, -0.1) is 0 Å². The first kappa shape index (κ1) is 28.2. The summed E-state index contributed by atoms with van der Waals surface area (Å²) < 4.78 is 0. The molecule has 1 unspecified atom stereocenters. The third-order valence-corrected chi connectivity index (χ3v) is 5.36. The van der Waals surface area contributed by atoms with Gasteiger partial charge in [0.1, 0.15) is 6.04 Å². The normalized spacial score (nSPS) is 13.3. The van der Waals surface area contributed by atoms with Crippen molar-refractivity contribution in [1.29, 1.82) is 0 Å². The molecule has 0 saturated carbocycles. The quantitative estimate of drug-likeness (QED) is 0.190. The molecule has 1 aromatic carbocycles. The number of carbonyl (C=O) groups is 6. The smallest absolute Gasteiger partial charge is 0.253 e. The standard InChI is InChI=1S/C25H33N5O6/c1-2-26-25(36)19(15-18-9-5-3-6-10-18)29-22(33)17-28-21(32)16-27-20(31)11-7-4-8-14-30-23(34)12-13-24(30)35/h3,5-6,9-10,12-13,19H,2,4,7-8,11,14-17H2,1H3,(H,26,36)(H,27,31)(H,28,32)(H,29,33). The van der Waals surface area contributed by atoms with Gasteiger partial charge < -0.3 is 21.3 Å². The highest BCUT2D eigenvalue weighted by atomic mass is 16.2. The molecule has 194 valence electrons. The molecule has 1 atom stereocenters. The van der Waals surface area contributed by atoms with Crippen LogP contribution in [-0.2, 0) is 35.2 Å². The molecule has 1 heterocycles. The SMILES string of the molecule is CCNC(=O)C(Cc1ccccc1)NC(=O)CNC(=O)CNC(=O)CCCCCN1C(=O)C=CC1=O. The third kappa shape index (κ3) is 10.1. The molecular formula is C25H33N5O6. The van der Waals surface area contributed by atoms with E-state index in [1.807, 2.05) is 30.3 Å². The van der Waals surface area contributed by atoms with Gasteiger partial charge in [-0.25, -0.2) is 0 Å². The number of rotatable bonds is 15. The van der Waals surface area contributed by atoms with E-state index in [0.29, 0.717) is 38.8 Å². The van der Waals surface area contributed by atoms with Gasteiger partial charge in [0, 0.05) is 38.1 Å². The van der Waals surface area contributed by atoms with Crippen molar-refractivity contribution in [2.75, 3.05) is 26.2 Å². The first-order valence-corrected chi connectivity index (χ1v) is 12.0. The van der Waals surface area contributed by atoms with E-state index in [-0.39, 0.29) is 43.1 Å². The molecule has 2 rings (SSSR count). The van der Waals surface area contributed by atoms with E-state index >= 15 is 0 Å². The van der Waals surface area contributed by atoms with Gasteiger partial charge >= 0.3 is 0 Å². The minimum absolute atomic E-state index is 0.196. The Hall–Kier alpha value is -4.02. The van der Waals surface area contributed by atoms with Gasteiger partial charge in [0.15, 0.2) is 0 Å². The van der Waals surface area contributed by atoms with E-state index in [0.717, 1.165) is 10.5 Å². The van der Waals surface area contributed by atoms with Crippen LogP contribution in [0.15, 0.2) is 42.5 Å². The van der Waals surface area contributed by atoms with Crippen molar-refractivity contribution < 1.29 is 28.8 Å². The topological polar surface area (TPSA) is 154 Å². The Morgan fingerprint density at radius 2 is 1.44 bits per heavy atom. The predicted molar refractivity (Wildman–Crippen MR) is 131 cm³/mol. The number of benzene rings is 1. The highest BCUT2D eigenvalue weighted by Crippen LogP contribution is 2.07. The maximum atomic E-state index is 12.3. The molecule has 0 saturated heterocycles. The molecule has 1 aromatic rings. The van der Waals surface area contributed by atoms with Gasteiger partial charge in [-0.05, 0) is 25.3 Å². The van der Waals surface area contributed by atoms with Crippen molar-refractivity contribution in [1.82, 2.24) is 26.2 Å². The number of carbonyl (C=O) groups excluding carboxylic acids is 6. The number of likely N-dealkylation sites (N-methyl/N-ethyl adjacent to an activating group) is 1. The molecule has 11 nitrogen and oxygen atoms in total. The second kappa shape index (κ2) is 15.1. The average molecular weight is 500 g/mol. The Bertz CT molecular complexity index is 960. The van der Waals surface area contributed by atoms with Crippen LogP contribution in [0, 0.1) is 0 Å². The van der Waals surface area contributed by atoms with Crippen molar-refractivity contribution in [3.05, 3.63) is 48.0 Å².